The van der Waals surface area contributed by atoms with E-state index >= 15 is 0 Å². The third-order valence-electron chi connectivity index (χ3n) is 2.56. The number of benzene rings is 2. The molecular formula is C13H9BrN2O4S. The minimum Gasteiger partial charge on any atom is -0.258 e. The molecule has 0 fully saturated rings. The summed E-state index contributed by atoms with van der Waals surface area (Å²) in [6.07, 6.45) is 1.15. The smallest absolute Gasteiger partial charge is 0.258 e. The maximum Gasteiger partial charge on any atom is 0.282 e. The lowest BCUT2D eigenvalue weighted by molar-refractivity contribution is -0.384. The molecule has 0 unspecified atom stereocenters. The summed E-state index contributed by atoms with van der Waals surface area (Å²) < 4.78 is 28.3. The summed E-state index contributed by atoms with van der Waals surface area (Å²) in [6.45, 7) is 0. The van der Waals surface area contributed by atoms with E-state index < -0.39 is 14.9 Å². The van der Waals surface area contributed by atoms with Gasteiger partial charge in [0, 0.05) is 22.8 Å². The van der Waals surface area contributed by atoms with Gasteiger partial charge in [-0.1, -0.05) is 15.9 Å². The largest absolute Gasteiger partial charge is 0.282 e. The molecule has 8 heteroatoms. The molecule has 0 heterocycles. The van der Waals surface area contributed by atoms with Gasteiger partial charge in [-0.2, -0.15) is 12.8 Å². The molecule has 0 spiro atoms. The second-order valence-corrected chi connectivity index (χ2v) is 6.56. The minimum atomic E-state index is -3.79. The number of halogens is 1. The van der Waals surface area contributed by atoms with Crippen LogP contribution < -0.4 is 0 Å². The zero-order chi connectivity index (χ0) is 15.5. The number of nitro benzene ring substituents is 1. The van der Waals surface area contributed by atoms with E-state index in [2.05, 4.69) is 20.3 Å². The number of hydrogen-bond donors (Lipinski definition) is 0. The number of non-ortho nitro benzene ring substituents is 1. The monoisotopic (exact) mass is 368 g/mol. The van der Waals surface area contributed by atoms with Crippen molar-refractivity contribution in [2.75, 3.05) is 0 Å². The lowest BCUT2D eigenvalue weighted by Crippen LogP contribution is -1.97. The van der Waals surface area contributed by atoms with Crippen molar-refractivity contribution in [1.82, 2.24) is 0 Å². The second-order valence-electron chi connectivity index (χ2n) is 4.01. The number of nitrogens with zero attached hydrogens (tertiary/aromatic N) is 2. The van der Waals surface area contributed by atoms with Crippen LogP contribution in [0.15, 0.2) is 62.3 Å². The molecule has 2 rings (SSSR count). The van der Waals surface area contributed by atoms with Crippen molar-refractivity contribution in [1.29, 1.82) is 0 Å². The molecule has 0 N–H and O–H groups in total. The van der Waals surface area contributed by atoms with Gasteiger partial charge in [0.1, 0.15) is 0 Å². The molecule has 21 heavy (non-hydrogen) atoms. The fourth-order valence-electron chi connectivity index (χ4n) is 1.48. The summed E-state index contributed by atoms with van der Waals surface area (Å²) in [5, 5.41) is 10.5. The Morgan fingerprint density at radius 1 is 1.05 bits per heavy atom. The molecule has 0 radical (unpaired) electrons. The Kier molecular flexibility index (Phi) is 4.49. The molecule has 2 aromatic rings. The van der Waals surface area contributed by atoms with Gasteiger partial charge in [-0.25, -0.2) is 0 Å². The normalized spacial score (nSPS) is 11.7. The third kappa shape index (κ3) is 3.96. The van der Waals surface area contributed by atoms with Gasteiger partial charge < -0.3 is 0 Å². The van der Waals surface area contributed by atoms with Crippen LogP contribution in [0.3, 0.4) is 0 Å². The molecule has 0 aromatic heterocycles. The van der Waals surface area contributed by atoms with Crippen molar-refractivity contribution in [2.45, 2.75) is 4.90 Å². The molecule has 0 amide bonds. The summed E-state index contributed by atoms with van der Waals surface area (Å²) in [5.74, 6) is 0. The average Bonchev–Trinajstić information content (AvgIpc) is 2.46. The molecule has 0 atom stereocenters. The van der Waals surface area contributed by atoms with Gasteiger partial charge in [-0.15, -0.1) is 0 Å². The highest BCUT2D eigenvalue weighted by Crippen LogP contribution is 2.17. The first-order valence-corrected chi connectivity index (χ1v) is 7.92. The van der Waals surface area contributed by atoms with Crippen molar-refractivity contribution in [3.63, 3.8) is 0 Å². The van der Waals surface area contributed by atoms with E-state index in [0.29, 0.717) is 5.56 Å². The molecule has 0 aliphatic carbocycles. The Balaban J connectivity index is 2.23. The van der Waals surface area contributed by atoms with Crippen molar-refractivity contribution < 1.29 is 13.3 Å². The zero-order valence-corrected chi connectivity index (χ0v) is 12.9. The van der Waals surface area contributed by atoms with Crippen LogP contribution in [0.1, 0.15) is 5.56 Å². The van der Waals surface area contributed by atoms with Gasteiger partial charge in [-0.05, 0) is 42.0 Å². The van der Waals surface area contributed by atoms with Gasteiger partial charge in [0.25, 0.3) is 15.7 Å². The van der Waals surface area contributed by atoms with Gasteiger partial charge in [-0.3, -0.25) is 10.1 Å². The lowest BCUT2D eigenvalue weighted by Gasteiger charge is -1.98. The van der Waals surface area contributed by atoms with Crippen molar-refractivity contribution >= 4 is 37.9 Å². The van der Waals surface area contributed by atoms with Gasteiger partial charge in [0.15, 0.2) is 0 Å². The van der Waals surface area contributed by atoms with Crippen LogP contribution in [0, 0.1) is 10.1 Å². The zero-order valence-electron chi connectivity index (χ0n) is 10.5. The van der Waals surface area contributed by atoms with E-state index in [1.165, 1.54) is 36.4 Å². The van der Waals surface area contributed by atoms with Gasteiger partial charge >= 0.3 is 0 Å². The third-order valence-corrected chi connectivity index (χ3v) is 4.34. The standard InChI is InChI=1S/C13H9BrN2O4S/c14-11-3-7-13(8-4-11)21(19,20)15-9-10-1-5-12(6-2-10)16(17)18/h1-9H. The summed E-state index contributed by atoms with van der Waals surface area (Å²) in [7, 11) is -3.79. The first-order valence-electron chi connectivity index (χ1n) is 5.69. The van der Waals surface area contributed by atoms with Crippen LogP contribution in [0.2, 0.25) is 0 Å². The number of rotatable bonds is 4. The maximum absolute atomic E-state index is 12.0. The van der Waals surface area contributed by atoms with Crippen molar-refractivity contribution in [2.24, 2.45) is 4.40 Å². The fraction of sp³-hybridized carbons (Fsp3) is 0. The minimum absolute atomic E-state index is 0.0667. The molecule has 108 valence electrons. The highest BCUT2D eigenvalue weighted by Gasteiger charge is 2.11. The van der Waals surface area contributed by atoms with Crippen molar-refractivity contribution in [3.8, 4) is 0 Å². The number of sulfonamides is 1. The molecule has 0 bridgehead atoms. The van der Waals surface area contributed by atoms with E-state index in [1.807, 2.05) is 0 Å². The van der Waals surface area contributed by atoms with Crippen LogP contribution in [-0.4, -0.2) is 19.6 Å². The molecule has 0 aliphatic rings. The lowest BCUT2D eigenvalue weighted by atomic mass is 10.2. The molecule has 6 nitrogen and oxygen atoms in total. The summed E-state index contributed by atoms with van der Waals surface area (Å²) >= 11 is 3.22. The topological polar surface area (TPSA) is 89.6 Å². The van der Waals surface area contributed by atoms with E-state index in [1.54, 1.807) is 12.1 Å². The first-order chi connectivity index (χ1) is 9.88. The summed E-state index contributed by atoms with van der Waals surface area (Å²) in [5.41, 5.74) is 0.393. The van der Waals surface area contributed by atoms with Gasteiger partial charge in [0.05, 0.1) is 9.82 Å². The van der Waals surface area contributed by atoms with Crippen LogP contribution in [0.25, 0.3) is 0 Å². The predicted molar refractivity (Wildman–Crippen MR) is 82.0 cm³/mol. The Hall–Kier alpha value is -2.06. The SMILES string of the molecule is O=[N+]([O-])c1ccc(C=NS(=O)(=O)c2ccc(Br)cc2)cc1. The Bertz CT molecular complexity index is 784. The van der Waals surface area contributed by atoms with E-state index in [9.17, 15) is 18.5 Å². The molecule has 0 aliphatic heterocycles. The molecule has 0 saturated carbocycles. The average molecular weight is 369 g/mol. The van der Waals surface area contributed by atoms with Crippen LogP contribution in [0.4, 0.5) is 5.69 Å². The van der Waals surface area contributed by atoms with Crippen LogP contribution >= 0.6 is 15.9 Å². The van der Waals surface area contributed by atoms with E-state index in [4.69, 9.17) is 0 Å². The maximum atomic E-state index is 12.0. The highest BCUT2D eigenvalue weighted by atomic mass is 79.9. The highest BCUT2D eigenvalue weighted by molar-refractivity contribution is 9.10. The van der Waals surface area contributed by atoms with Crippen molar-refractivity contribution in [3.05, 3.63) is 68.7 Å². The second kappa shape index (κ2) is 6.15. The summed E-state index contributed by atoms with van der Waals surface area (Å²) in [4.78, 5) is 10.1. The van der Waals surface area contributed by atoms with E-state index in [-0.39, 0.29) is 10.6 Å². The first kappa shape index (κ1) is 15.3. The van der Waals surface area contributed by atoms with E-state index in [0.717, 1.165) is 10.7 Å². The van der Waals surface area contributed by atoms with Crippen LogP contribution in [0.5, 0.6) is 0 Å². The fourth-order valence-corrected chi connectivity index (χ4v) is 2.61. The molecular weight excluding hydrogens is 360 g/mol. The number of hydrogen-bond acceptors (Lipinski definition) is 4. The predicted octanol–water partition coefficient (Wildman–Crippen LogP) is 3.17. The Morgan fingerprint density at radius 3 is 2.14 bits per heavy atom. The number of nitro groups is 1. The Morgan fingerprint density at radius 2 is 1.62 bits per heavy atom. The Labute approximate surface area is 129 Å². The van der Waals surface area contributed by atoms with Crippen LogP contribution in [-0.2, 0) is 10.0 Å². The van der Waals surface area contributed by atoms with Gasteiger partial charge in [0.2, 0.25) is 0 Å². The molecule has 0 saturated heterocycles. The molecule has 2 aromatic carbocycles. The summed E-state index contributed by atoms with van der Waals surface area (Å²) in [6, 6.07) is 11.5. The quantitative estimate of drug-likeness (QED) is 0.470.